The summed E-state index contributed by atoms with van der Waals surface area (Å²) in [6.45, 7) is 8.16. The van der Waals surface area contributed by atoms with Crippen LogP contribution >= 0.6 is 0 Å². The number of nitrogens with zero attached hydrogens (tertiary/aromatic N) is 3. The van der Waals surface area contributed by atoms with E-state index in [2.05, 4.69) is 15.1 Å². The van der Waals surface area contributed by atoms with Gasteiger partial charge in [0.1, 0.15) is 5.75 Å². The van der Waals surface area contributed by atoms with Gasteiger partial charge in [-0.1, -0.05) is 19.0 Å². The van der Waals surface area contributed by atoms with Gasteiger partial charge >= 0.3 is 0 Å². The lowest BCUT2D eigenvalue weighted by Gasteiger charge is -2.11. The van der Waals surface area contributed by atoms with E-state index in [0.717, 1.165) is 11.4 Å². The molecule has 0 spiro atoms. The van der Waals surface area contributed by atoms with Crippen LogP contribution < -0.4 is 10.5 Å². The molecule has 0 radical (unpaired) electrons. The smallest absolute Gasteiger partial charge is 0.229 e. The second-order valence-electron chi connectivity index (χ2n) is 5.57. The lowest BCUT2D eigenvalue weighted by atomic mass is 10.1. The average molecular weight is 290 g/mol. The third kappa shape index (κ3) is 4.26. The number of hydrogen-bond acceptors (Lipinski definition) is 6. The molecule has 1 unspecified atom stereocenters. The van der Waals surface area contributed by atoms with Crippen molar-refractivity contribution in [3.63, 3.8) is 0 Å². The molecule has 2 heterocycles. The van der Waals surface area contributed by atoms with Crippen molar-refractivity contribution in [1.29, 1.82) is 0 Å². The van der Waals surface area contributed by atoms with Gasteiger partial charge in [0.2, 0.25) is 11.7 Å². The molecule has 0 aliphatic heterocycles. The summed E-state index contributed by atoms with van der Waals surface area (Å²) in [5, 5.41) is 3.90. The Morgan fingerprint density at radius 2 is 2.00 bits per heavy atom. The van der Waals surface area contributed by atoms with E-state index in [1.807, 2.05) is 39.8 Å². The fourth-order valence-corrected chi connectivity index (χ4v) is 1.88. The minimum absolute atomic E-state index is 0.0272. The van der Waals surface area contributed by atoms with Crippen molar-refractivity contribution >= 4 is 0 Å². The first-order valence-corrected chi connectivity index (χ1v) is 7.13. The average Bonchev–Trinajstić information content (AvgIpc) is 2.86. The van der Waals surface area contributed by atoms with Gasteiger partial charge in [-0.25, -0.2) is 0 Å². The van der Waals surface area contributed by atoms with E-state index >= 15 is 0 Å². The molecule has 0 bridgehead atoms. The maximum atomic E-state index is 5.85. The molecule has 21 heavy (non-hydrogen) atoms. The molecule has 1 atom stereocenters. The van der Waals surface area contributed by atoms with Crippen molar-refractivity contribution in [3.05, 3.63) is 35.2 Å². The molecule has 0 saturated carbocycles. The Morgan fingerprint density at radius 3 is 2.62 bits per heavy atom. The Morgan fingerprint density at radius 1 is 1.24 bits per heavy atom. The number of aromatic nitrogens is 3. The number of aryl methyl sites for hydroxylation is 1. The maximum absolute atomic E-state index is 5.85. The lowest BCUT2D eigenvalue weighted by molar-refractivity contribution is 0.280. The quantitative estimate of drug-likeness (QED) is 0.878. The van der Waals surface area contributed by atoms with Crippen molar-refractivity contribution in [2.24, 2.45) is 5.73 Å². The Bertz CT molecular complexity index is 593. The van der Waals surface area contributed by atoms with Gasteiger partial charge in [0.05, 0.1) is 5.69 Å². The first-order chi connectivity index (χ1) is 9.95. The van der Waals surface area contributed by atoms with E-state index in [0.29, 0.717) is 23.9 Å². The van der Waals surface area contributed by atoms with Gasteiger partial charge in [-0.15, -0.1) is 0 Å². The Kier molecular flexibility index (Phi) is 4.90. The first kappa shape index (κ1) is 15.4. The highest BCUT2D eigenvalue weighted by Crippen LogP contribution is 2.20. The summed E-state index contributed by atoms with van der Waals surface area (Å²) >= 11 is 0. The highest BCUT2D eigenvalue weighted by atomic mass is 16.5. The first-order valence-electron chi connectivity index (χ1n) is 7.13. The van der Waals surface area contributed by atoms with Crippen LogP contribution in [0.15, 0.2) is 16.7 Å². The van der Waals surface area contributed by atoms with E-state index in [-0.39, 0.29) is 18.6 Å². The van der Waals surface area contributed by atoms with Crippen molar-refractivity contribution < 1.29 is 9.26 Å². The fourth-order valence-electron chi connectivity index (χ4n) is 1.88. The maximum Gasteiger partial charge on any atom is 0.229 e. The molecule has 6 nitrogen and oxygen atoms in total. The van der Waals surface area contributed by atoms with Crippen molar-refractivity contribution in [1.82, 2.24) is 15.1 Å². The van der Waals surface area contributed by atoms with E-state index in [9.17, 15) is 0 Å². The van der Waals surface area contributed by atoms with Gasteiger partial charge in [-0.05, 0) is 26.0 Å². The lowest BCUT2D eigenvalue weighted by Crippen LogP contribution is -2.19. The van der Waals surface area contributed by atoms with Crippen LogP contribution in [0.4, 0.5) is 0 Å². The van der Waals surface area contributed by atoms with Crippen LogP contribution in [0.2, 0.25) is 0 Å². The molecule has 114 valence electrons. The van der Waals surface area contributed by atoms with Crippen LogP contribution in [0, 0.1) is 6.92 Å². The molecule has 2 N–H and O–H groups in total. The van der Waals surface area contributed by atoms with Gasteiger partial charge in [0.15, 0.2) is 6.61 Å². The second kappa shape index (κ2) is 6.67. The van der Waals surface area contributed by atoms with Crippen LogP contribution in [-0.2, 0) is 13.0 Å². The molecule has 2 aromatic heterocycles. The number of hydrogen-bond donors (Lipinski definition) is 1. The van der Waals surface area contributed by atoms with Crippen LogP contribution in [0.5, 0.6) is 5.75 Å². The summed E-state index contributed by atoms with van der Waals surface area (Å²) in [7, 11) is 0. The molecule has 0 amide bonds. The van der Waals surface area contributed by atoms with E-state index in [4.69, 9.17) is 15.0 Å². The van der Waals surface area contributed by atoms with Gasteiger partial charge in [-0.3, -0.25) is 4.98 Å². The molecule has 0 saturated heterocycles. The summed E-state index contributed by atoms with van der Waals surface area (Å²) in [5.74, 6) is 2.08. The SMILES string of the molecule is Cc1ccc(OCc2noc(C(C)C)n2)c(CC(C)N)n1. The normalized spacial score (nSPS) is 12.7. The molecule has 2 rings (SSSR count). The summed E-state index contributed by atoms with van der Waals surface area (Å²) in [6, 6.07) is 3.85. The van der Waals surface area contributed by atoms with Gasteiger partial charge in [-0.2, -0.15) is 4.98 Å². The third-order valence-corrected chi connectivity index (χ3v) is 2.92. The molecular weight excluding hydrogens is 268 g/mol. The summed E-state index contributed by atoms with van der Waals surface area (Å²) in [6.07, 6.45) is 0.667. The predicted octanol–water partition coefficient (Wildman–Crippen LogP) is 2.37. The Labute approximate surface area is 124 Å². The zero-order valence-corrected chi connectivity index (χ0v) is 13.0. The van der Waals surface area contributed by atoms with Crippen LogP contribution in [0.25, 0.3) is 0 Å². The van der Waals surface area contributed by atoms with Crippen molar-refractivity contribution in [3.8, 4) is 5.75 Å². The predicted molar refractivity (Wildman–Crippen MR) is 79.0 cm³/mol. The summed E-state index contributed by atoms with van der Waals surface area (Å²) in [5.41, 5.74) is 7.66. The molecule has 0 aliphatic rings. The Hall–Kier alpha value is -1.95. The number of rotatable bonds is 6. The fraction of sp³-hybridized carbons (Fsp3) is 0.533. The minimum atomic E-state index is 0.0272. The number of pyridine rings is 1. The van der Waals surface area contributed by atoms with Gasteiger partial charge in [0.25, 0.3) is 0 Å². The molecule has 0 aliphatic carbocycles. The van der Waals surface area contributed by atoms with E-state index < -0.39 is 0 Å². The van der Waals surface area contributed by atoms with Crippen LogP contribution in [-0.4, -0.2) is 21.2 Å². The van der Waals surface area contributed by atoms with Crippen LogP contribution in [0.1, 0.15) is 49.8 Å². The van der Waals surface area contributed by atoms with Crippen molar-refractivity contribution in [2.45, 2.75) is 52.7 Å². The monoisotopic (exact) mass is 290 g/mol. The van der Waals surface area contributed by atoms with Gasteiger partial charge < -0.3 is 15.0 Å². The number of ether oxygens (including phenoxy) is 1. The molecule has 2 aromatic rings. The standard InChI is InChI=1S/C15H22N4O2/c1-9(2)15-18-14(19-21-15)8-20-13-6-5-11(4)17-12(13)7-10(3)16/h5-6,9-10H,7-8,16H2,1-4H3. The van der Waals surface area contributed by atoms with Gasteiger partial charge in [0, 0.05) is 24.1 Å². The zero-order chi connectivity index (χ0) is 15.4. The highest BCUT2D eigenvalue weighted by molar-refractivity contribution is 5.30. The molecule has 0 fully saturated rings. The summed E-state index contributed by atoms with van der Waals surface area (Å²) in [4.78, 5) is 8.77. The zero-order valence-electron chi connectivity index (χ0n) is 13.0. The topological polar surface area (TPSA) is 87.1 Å². The number of nitrogens with two attached hydrogens (primary N) is 1. The summed E-state index contributed by atoms with van der Waals surface area (Å²) < 4.78 is 10.9. The second-order valence-corrected chi connectivity index (χ2v) is 5.57. The molecule has 6 heteroatoms. The van der Waals surface area contributed by atoms with E-state index in [1.54, 1.807) is 0 Å². The van der Waals surface area contributed by atoms with Crippen LogP contribution in [0.3, 0.4) is 0 Å². The highest BCUT2D eigenvalue weighted by Gasteiger charge is 2.12. The minimum Gasteiger partial charge on any atom is -0.484 e. The Balaban J connectivity index is 2.08. The van der Waals surface area contributed by atoms with Crippen molar-refractivity contribution in [2.75, 3.05) is 0 Å². The molecular formula is C15H22N4O2. The molecule has 0 aromatic carbocycles. The van der Waals surface area contributed by atoms with E-state index in [1.165, 1.54) is 0 Å². The third-order valence-electron chi connectivity index (χ3n) is 2.92. The largest absolute Gasteiger partial charge is 0.484 e.